The van der Waals surface area contributed by atoms with Gasteiger partial charge >= 0.3 is 0 Å². The van der Waals surface area contributed by atoms with E-state index >= 15 is 0 Å². The minimum Gasteiger partial charge on any atom is -0.396 e. The van der Waals surface area contributed by atoms with Gasteiger partial charge in [-0.15, -0.1) is 0 Å². The number of aliphatic hydroxyl groups excluding tert-OH is 1. The lowest BCUT2D eigenvalue weighted by atomic mass is 9.84. The van der Waals surface area contributed by atoms with E-state index in [0.29, 0.717) is 24.6 Å². The molecule has 4 heteroatoms. The van der Waals surface area contributed by atoms with E-state index in [9.17, 15) is 5.11 Å². The number of ether oxygens (including phenoxy) is 1. The van der Waals surface area contributed by atoms with Crippen LogP contribution < -0.4 is 11.1 Å². The fraction of sp³-hybridized carbons (Fsp3) is 1.00. The quantitative estimate of drug-likeness (QED) is 0.687. The summed E-state index contributed by atoms with van der Waals surface area (Å²) in [6.45, 7) is 3.04. The molecule has 4 N–H and O–H groups in total. The molecule has 1 saturated heterocycles. The van der Waals surface area contributed by atoms with Crippen molar-refractivity contribution in [1.82, 2.24) is 5.32 Å². The molecular weight excluding hydrogens is 228 g/mol. The number of hydrogen-bond donors (Lipinski definition) is 3. The smallest absolute Gasteiger partial charge is 0.0745 e. The van der Waals surface area contributed by atoms with Gasteiger partial charge in [0, 0.05) is 25.2 Å². The Labute approximate surface area is 110 Å². The first-order valence-electron chi connectivity index (χ1n) is 7.47. The van der Waals surface area contributed by atoms with E-state index in [1.807, 2.05) is 0 Å². The van der Waals surface area contributed by atoms with Gasteiger partial charge in [-0.25, -0.2) is 0 Å². The molecule has 2 aliphatic rings. The second-order valence-corrected chi connectivity index (χ2v) is 5.90. The van der Waals surface area contributed by atoms with Gasteiger partial charge in [0.2, 0.25) is 0 Å². The number of rotatable bonds is 5. The van der Waals surface area contributed by atoms with Crippen LogP contribution in [-0.4, -0.2) is 42.5 Å². The third-order valence-corrected chi connectivity index (χ3v) is 4.54. The van der Waals surface area contributed by atoms with E-state index in [1.54, 1.807) is 0 Å². The van der Waals surface area contributed by atoms with Gasteiger partial charge in [-0.2, -0.15) is 0 Å². The summed E-state index contributed by atoms with van der Waals surface area (Å²) in [4.78, 5) is 0. The molecule has 1 aliphatic carbocycles. The first-order chi connectivity index (χ1) is 8.74. The Morgan fingerprint density at radius 1 is 1.28 bits per heavy atom. The van der Waals surface area contributed by atoms with Crippen molar-refractivity contribution in [3.8, 4) is 0 Å². The number of hydrogen-bond acceptors (Lipinski definition) is 4. The topological polar surface area (TPSA) is 67.5 Å². The van der Waals surface area contributed by atoms with Crippen molar-refractivity contribution in [2.75, 3.05) is 13.2 Å². The van der Waals surface area contributed by atoms with Gasteiger partial charge in [0.25, 0.3) is 0 Å². The molecule has 5 atom stereocenters. The molecular formula is C14H28N2O2. The lowest BCUT2D eigenvalue weighted by molar-refractivity contribution is 0.0248. The summed E-state index contributed by atoms with van der Waals surface area (Å²) in [5, 5.41) is 13.1. The highest BCUT2D eigenvalue weighted by Gasteiger charge is 2.32. The molecule has 0 bridgehead atoms. The van der Waals surface area contributed by atoms with Crippen LogP contribution in [0, 0.1) is 5.92 Å². The monoisotopic (exact) mass is 256 g/mol. The summed E-state index contributed by atoms with van der Waals surface area (Å²) < 4.78 is 5.92. The van der Waals surface area contributed by atoms with Crippen LogP contribution in [0.5, 0.6) is 0 Å². The summed E-state index contributed by atoms with van der Waals surface area (Å²) in [6, 6.07) is 0.656. The zero-order valence-electron chi connectivity index (χ0n) is 11.5. The second kappa shape index (κ2) is 6.85. The predicted octanol–water partition coefficient (Wildman–Crippen LogP) is 1.02. The number of nitrogens with two attached hydrogens (primary N) is 1. The van der Waals surface area contributed by atoms with Crippen molar-refractivity contribution >= 4 is 0 Å². The lowest BCUT2D eigenvalue weighted by Crippen LogP contribution is -2.53. The SMILES string of the molecule is CC1CCC(C(CN)NC2CCCCC2CO)O1. The van der Waals surface area contributed by atoms with Crippen LogP contribution in [0.3, 0.4) is 0 Å². The average Bonchev–Trinajstić information content (AvgIpc) is 2.83. The Balaban J connectivity index is 1.88. The molecule has 2 fully saturated rings. The van der Waals surface area contributed by atoms with Gasteiger partial charge in [0.15, 0.2) is 0 Å². The van der Waals surface area contributed by atoms with Crippen LogP contribution in [0.1, 0.15) is 45.4 Å². The van der Waals surface area contributed by atoms with Crippen LogP contribution in [0.15, 0.2) is 0 Å². The molecule has 0 aromatic carbocycles. The fourth-order valence-electron chi connectivity index (χ4n) is 3.38. The molecule has 1 saturated carbocycles. The Morgan fingerprint density at radius 2 is 2.06 bits per heavy atom. The number of nitrogens with one attached hydrogen (secondary N) is 1. The summed E-state index contributed by atoms with van der Waals surface area (Å²) in [5.74, 6) is 0.395. The van der Waals surface area contributed by atoms with Crippen molar-refractivity contribution in [2.24, 2.45) is 11.7 Å². The fourth-order valence-corrected chi connectivity index (χ4v) is 3.38. The Kier molecular flexibility index (Phi) is 5.42. The van der Waals surface area contributed by atoms with Gasteiger partial charge in [-0.1, -0.05) is 12.8 Å². The van der Waals surface area contributed by atoms with Gasteiger partial charge in [0.1, 0.15) is 0 Å². The standard InChI is InChI=1S/C14H28N2O2/c1-10-6-7-14(18-10)13(8-15)16-12-5-3-2-4-11(12)9-17/h10-14,16-17H,2-9,15H2,1H3. The van der Waals surface area contributed by atoms with Crippen molar-refractivity contribution in [2.45, 2.75) is 69.7 Å². The normalized spacial score (nSPS) is 38.8. The third-order valence-electron chi connectivity index (χ3n) is 4.54. The molecule has 4 nitrogen and oxygen atoms in total. The summed E-state index contributed by atoms with van der Waals surface area (Å²) in [6.07, 6.45) is 7.65. The number of aliphatic hydroxyl groups is 1. The van der Waals surface area contributed by atoms with Crippen LogP contribution in [0.2, 0.25) is 0 Å². The van der Waals surface area contributed by atoms with E-state index in [-0.39, 0.29) is 18.8 Å². The van der Waals surface area contributed by atoms with Crippen molar-refractivity contribution < 1.29 is 9.84 Å². The maximum absolute atomic E-state index is 9.45. The molecule has 0 radical (unpaired) electrons. The maximum Gasteiger partial charge on any atom is 0.0745 e. The molecule has 0 amide bonds. The Hall–Kier alpha value is -0.160. The minimum absolute atomic E-state index is 0.243. The molecule has 106 valence electrons. The van der Waals surface area contributed by atoms with Crippen molar-refractivity contribution in [3.05, 3.63) is 0 Å². The molecule has 18 heavy (non-hydrogen) atoms. The minimum atomic E-state index is 0.243. The summed E-state index contributed by atoms with van der Waals surface area (Å²) >= 11 is 0. The zero-order chi connectivity index (χ0) is 13.0. The highest BCUT2D eigenvalue weighted by molar-refractivity contribution is 4.89. The summed E-state index contributed by atoms with van der Waals surface area (Å²) in [7, 11) is 0. The molecule has 2 rings (SSSR count). The third kappa shape index (κ3) is 3.44. The molecule has 0 spiro atoms. The summed E-state index contributed by atoms with van der Waals surface area (Å²) in [5.41, 5.74) is 5.90. The Bertz CT molecular complexity index is 250. The molecule has 0 aromatic rings. The average molecular weight is 256 g/mol. The van der Waals surface area contributed by atoms with E-state index in [2.05, 4.69) is 12.2 Å². The Morgan fingerprint density at radius 3 is 2.67 bits per heavy atom. The van der Waals surface area contributed by atoms with E-state index in [1.165, 1.54) is 12.8 Å². The van der Waals surface area contributed by atoms with E-state index in [4.69, 9.17) is 10.5 Å². The zero-order valence-corrected chi connectivity index (χ0v) is 11.5. The first kappa shape index (κ1) is 14.3. The molecule has 1 aliphatic heterocycles. The van der Waals surface area contributed by atoms with Crippen LogP contribution in [-0.2, 0) is 4.74 Å². The largest absolute Gasteiger partial charge is 0.396 e. The van der Waals surface area contributed by atoms with Gasteiger partial charge in [-0.05, 0) is 38.5 Å². The second-order valence-electron chi connectivity index (χ2n) is 5.90. The van der Waals surface area contributed by atoms with E-state index in [0.717, 1.165) is 25.7 Å². The maximum atomic E-state index is 9.45. The molecule has 0 aromatic heterocycles. The van der Waals surface area contributed by atoms with Gasteiger partial charge in [0.05, 0.1) is 12.2 Å². The van der Waals surface area contributed by atoms with Crippen LogP contribution >= 0.6 is 0 Å². The van der Waals surface area contributed by atoms with Crippen LogP contribution in [0.4, 0.5) is 0 Å². The van der Waals surface area contributed by atoms with Crippen LogP contribution in [0.25, 0.3) is 0 Å². The highest BCUT2D eigenvalue weighted by Crippen LogP contribution is 2.27. The lowest BCUT2D eigenvalue weighted by Gasteiger charge is -2.35. The first-order valence-corrected chi connectivity index (χ1v) is 7.47. The predicted molar refractivity (Wildman–Crippen MR) is 72.4 cm³/mol. The van der Waals surface area contributed by atoms with Crippen molar-refractivity contribution in [1.29, 1.82) is 0 Å². The van der Waals surface area contributed by atoms with Crippen molar-refractivity contribution in [3.63, 3.8) is 0 Å². The highest BCUT2D eigenvalue weighted by atomic mass is 16.5. The molecule has 1 heterocycles. The van der Waals surface area contributed by atoms with Gasteiger partial charge < -0.3 is 20.9 Å². The molecule has 5 unspecified atom stereocenters. The van der Waals surface area contributed by atoms with Gasteiger partial charge in [-0.3, -0.25) is 0 Å². The van der Waals surface area contributed by atoms with E-state index < -0.39 is 0 Å².